The molecule has 0 aromatic heterocycles. The van der Waals surface area contributed by atoms with Gasteiger partial charge in [-0.2, -0.15) is 0 Å². The number of para-hydroxylation sites is 1. The first kappa shape index (κ1) is 27.3. The molecule has 8 heteroatoms. The number of benzene rings is 3. The zero-order valence-electron chi connectivity index (χ0n) is 21.7. The molecule has 1 aliphatic rings. The number of hydrogen-bond donors (Lipinski definition) is 1. The van der Waals surface area contributed by atoms with Crippen molar-refractivity contribution in [2.45, 2.75) is 25.2 Å². The summed E-state index contributed by atoms with van der Waals surface area (Å²) >= 11 is 1.61. The summed E-state index contributed by atoms with van der Waals surface area (Å²) in [6.45, 7) is 4.01. The normalized spacial score (nSPS) is 16.8. The Morgan fingerprint density at radius 3 is 2.24 bits per heavy atom. The van der Waals surface area contributed by atoms with Crippen molar-refractivity contribution in [3.63, 3.8) is 0 Å². The second kappa shape index (κ2) is 12.2. The molecule has 0 aliphatic carbocycles. The second-order valence-electron chi connectivity index (χ2n) is 9.49. The van der Waals surface area contributed by atoms with Crippen LogP contribution >= 0.6 is 11.8 Å². The highest BCUT2D eigenvalue weighted by atomic mass is 32.2. The van der Waals surface area contributed by atoms with E-state index in [0.29, 0.717) is 30.0 Å². The topological polar surface area (TPSA) is 93.1 Å². The van der Waals surface area contributed by atoms with Crippen molar-refractivity contribution < 1.29 is 29.0 Å². The number of hydrogen-bond acceptors (Lipinski definition) is 6. The lowest BCUT2D eigenvalue weighted by molar-refractivity contribution is -0.139. The predicted octanol–water partition coefficient (Wildman–Crippen LogP) is 5.66. The number of thioether (sulfide) groups is 1. The fourth-order valence-corrected chi connectivity index (χ4v) is 5.38. The van der Waals surface area contributed by atoms with E-state index < -0.39 is 18.7 Å². The quantitative estimate of drug-likeness (QED) is 0.280. The first-order valence-corrected chi connectivity index (χ1v) is 13.6. The van der Waals surface area contributed by atoms with Gasteiger partial charge in [0.2, 0.25) is 0 Å². The fourth-order valence-electron chi connectivity index (χ4n) is 4.97. The van der Waals surface area contributed by atoms with Crippen LogP contribution in [0.2, 0.25) is 0 Å². The Morgan fingerprint density at radius 2 is 1.63 bits per heavy atom. The Kier molecular flexibility index (Phi) is 8.73. The molecule has 0 saturated carbocycles. The van der Waals surface area contributed by atoms with Crippen molar-refractivity contribution in [3.05, 3.63) is 89.0 Å². The van der Waals surface area contributed by atoms with Gasteiger partial charge in [-0.3, -0.25) is 4.79 Å². The molecule has 0 spiro atoms. The second-order valence-corrected chi connectivity index (χ2v) is 10.4. The predicted molar refractivity (Wildman–Crippen MR) is 146 cm³/mol. The van der Waals surface area contributed by atoms with Gasteiger partial charge in [0.15, 0.2) is 12.4 Å². The summed E-state index contributed by atoms with van der Waals surface area (Å²) in [5, 5.41) is 8.97. The lowest BCUT2D eigenvalue weighted by Crippen LogP contribution is -2.32. The zero-order valence-corrected chi connectivity index (χ0v) is 22.5. The lowest BCUT2D eigenvalue weighted by atomic mass is 9.84. The Labute approximate surface area is 226 Å². The minimum atomic E-state index is -1.03. The van der Waals surface area contributed by atoms with E-state index in [-0.39, 0.29) is 24.2 Å². The maximum Gasteiger partial charge on any atom is 0.415 e. The minimum absolute atomic E-state index is 0.00696. The average molecular weight is 534 g/mol. The van der Waals surface area contributed by atoms with Gasteiger partial charge >= 0.3 is 12.1 Å². The number of aliphatic carboxylic acids is 1. The number of carboxylic acid groups (broad SMARTS) is 1. The Morgan fingerprint density at radius 1 is 0.974 bits per heavy atom. The van der Waals surface area contributed by atoms with E-state index in [4.69, 9.17) is 14.6 Å². The van der Waals surface area contributed by atoms with Crippen LogP contribution in [-0.2, 0) is 11.2 Å². The van der Waals surface area contributed by atoms with Gasteiger partial charge in [-0.1, -0.05) is 42.5 Å². The van der Waals surface area contributed by atoms with Crippen LogP contribution in [0.4, 0.5) is 4.79 Å². The molecule has 0 radical (unpaired) electrons. The zero-order chi connectivity index (χ0) is 27.2. The molecule has 1 aliphatic heterocycles. The van der Waals surface area contributed by atoms with E-state index >= 15 is 0 Å². The number of Topliss-reactive ketones (excluding diaryl/α,β-unsaturated/α-hetero) is 1. The first-order valence-electron chi connectivity index (χ1n) is 12.4. The van der Waals surface area contributed by atoms with Crippen LogP contribution in [0.25, 0.3) is 0 Å². The third-order valence-corrected chi connectivity index (χ3v) is 7.46. The summed E-state index contributed by atoms with van der Waals surface area (Å²) in [6.07, 6.45) is 2.09. The number of ether oxygens (including phenoxy) is 2. The van der Waals surface area contributed by atoms with Crippen LogP contribution < -0.4 is 9.47 Å². The molecule has 1 amide bonds. The summed E-state index contributed by atoms with van der Waals surface area (Å²) in [5.41, 5.74) is 3.28. The Bertz CT molecular complexity index is 1290. The third-order valence-electron chi connectivity index (χ3n) is 6.72. The van der Waals surface area contributed by atoms with Gasteiger partial charge in [-0.05, 0) is 73.4 Å². The number of carboxylic acids is 1. The number of ketones is 1. The summed E-state index contributed by atoms with van der Waals surface area (Å²) in [7, 11) is 0. The molecule has 3 aromatic rings. The van der Waals surface area contributed by atoms with Crippen LogP contribution in [0.3, 0.4) is 0 Å². The third kappa shape index (κ3) is 6.55. The highest BCUT2D eigenvalue weighted by Gasteiger charge is 2.40. The Balaban J connectivity index is 1.57. The Hall–Kier alpha value is -3.78. The first-order chi connectivity index (χ1) is 18.2. The van der Waals surface area contributed by atoms with E-state index in [1.54, 1.807) is 40.9 Å². The molecule has 1 fully saturated rings. The van der Waals surface area contributed by atoms with Gasteiger partial charge in [0, 0.05) is 29.5 Å². The van der Waals surface area contributed by atoms with Crippen LogP contribution in [0.15, 0.2) is 71.6 Å². The monoisotopic (exact) mass is 533 g/mol. The molecule has 7 nitrogen and oxygen atoms in total. The minimum Gasteiger partial charge on any atom is -0.481 e. The SMILES string of the molecule is CSc1ccc(C(=O)C2CN(C(=O)Oc3ccccc3)CC2Cc2cc(C)c(OCC(=O)O)c(C)c2)cc1. The van der Waals surface area contributed by atoms with Crippen molar-refractivity contribution in [3.8, 4) is 11.5 Å². The van der Waals surface area contributed by atoms with Crippen molar-refractivity contribution in [2.75, 3.05) is 26.0 Å². The van der Waals surface area contributed by atoms with Gasteiger partial charge in [0.25, 0.3) is 0 Å². The maximum absolute atomic E-state index is 13.6. The number of amides is 1. The number of rotatable bonds is 9. The highest BCUT2D eigenvalue weighted by molar-refractivity contribution is 7.98. The van der Waals surface area contributed by atoms with Crippen LogP contribution in [0.1, 0.15) is 27.0 Å². The molecule has 198 valence electrons. The average Bonchev–Trinajstić information content (AvgIpc) is 3.32. The molecule has 1 saturated heterocycles. The molecule has 2 atom stereocenters. The molecule has 3 aromatic carbocycles. The number of nitrogens with zero attached hydrogens (tertiary/aromatic N) is 1. The summed E-state index contributed by atoms with van der Waals surface area (Å²) in [4.78, 5) is 40.3. The van der Waals surface area contributed by atoms with E-state index in [0.717, 1.165) is 21.6 Å². The van der Waals surface area contributed by atoms with E-state index in [1.807, 2.05) is 62.6 Å². The number of likely N-dealkylation sites (tertiary alicyclic amines) is 1. The lowest BCUT2D eigenvalue weighted by Gasteiger charge is -2.19. The number of carbonyl (C=O) groups excluding carboxylic acids is 2. The summed E-state index contributed by atoms with van der Waals surface area (Å²) < 4.78 is 11.0. The number of carbonyl (C=O) groups is 3. The van der Waals surface area contributed by atoms with Gasteiger partial charge in [-0.15, -0.1) is 11.8 Å². The van der Waals surface area contributed by atoms with Crippen molar-refractivity contribution in [2.24, 2.45) is 11.8 Å². The van der Waals surface area contributed by atoms with Gasteiger partial charge < -0.3 is 19.5 Å². The van der Waals surface area contributed by atoms with E-state index in [9.17, 15) is 14.4 Å². The molecular weight excluding hydrogens is 502 g/mol. The number of aryl methyl sites for hydroxylation is 2. The standard InChI is InChI=1S/C30H31NO6S/c1-19-13-21(14-20(2)29(19)36-18-27(32)33)15-23-16-31(30(35)37-24-7-5-4-6-8-24)17-26(23)28(34)22-9-11-25(38-3)12-10-22/h4-14,23,26H,15-18H2,1-3H3,(H,32,33). The van der Waals surface area contributed by atoms with Crippen LogP contribution in [0, 0.1) is 25.7 Å². The molecule has 1 N–H and O–H groups in total. The largest absolute Gasteiger partial charge is 0.481 e. The molecule has 2 unspecified atom stereocenters. The summed E-state index contributed by atoms with van der Waals surface area (Å²) in [5.74, 6) is -0.518. The molecular formula is C30H31NO6S. The van der Waals surface area contributed by atoms with Gasteiger partial charge in [0.05, 0.1) is 0 Å². The van der Waals surface area contributed by atoms with E-state index in [2.05, 4.69) is 0 Å². The van der Waals surface area contributed by atoms with Crippen molar-refractivity contribution >= 4 is 29.6 Å². The van der Waals surface area contributed by atoms with Crippen LogP contribution in [0.5, 0.6) is 11.5 Å². The van der Waals surface area contributed by atoms with Gasteiger partial charge in [-0.25, -0.2) is 9.59 Å². The smallest absolute Gasteiger partial charge is 0.415 e. The van der Waals surface area contributed by atoms with Crippen molar-refractivity contribution in [1.29, 1.82) is 0 Å². The molecule has 0 bridgehead atoms. The van der Waals surface area contributed by atoms with Gasteiger partial charge in [0.1, 0.15) is 11.5 Å². The van der Waals surface area contributed by atoms with Crippen LogP contribution in [-0.4, -0.2) is 53.8 Å². The molecule has 1 heterocycles. The van der Waals surface area contributed by atoms with Crippen molar-refractivity contribution in [1.82, 2.24) is 4.90 Å². The molecule has 38 heavy (non-hydrogen) atoms. The highest BCUT2D eigenvalue weighted by Crippen LogP contribution is 2.33. The molecule has 4 rings (SSSR count). The maximum atomic E-state index is 13.6. The van der Waals surface area contributed by atoms with E-state index in [1.165, 1.54) is 0 Å². The fraction of sp³-hybridized carbons (Fsp3) is 0.300. The summed E-state index contributed by atoms with van der Waals surface area (Å²) in [6, 6.07) is 20.4.